The maximum absolute atomic E-state index is 5.85. The van der Waals surface area contributed by atoms with Crippen LogP contribution in [0.15, 0.2) is 30.3 Å². The molecule has 1 aromatic heterocycles. The maximum atomic E-state index is 5.85. The van der Waals surface area contributed by atoms with Crippen LogP contribution in [0.5, 0.6) is 0 Å². The van der Waals surface area contributed by atoms with Gasteiger partial charge in [-0.3, -0.25) is 0 Å². The van der Waals surface area contributed by atoms with Gasteiger partial charge in [0, 0.05) is 35.2 Å². The monoisotopic (exact) mass is 386 g/mol. The topological polar surface area (TPSA) is 64.3 Å². The number of thioether (sulfide) groups is 1. The van der Waals surface area contributed by atoms with Crippen molar-refractivity contribution in [3.05, 3.63) is 36.0 Å². The van der Waals surface area contributed by atoms with Crippen LogP contribution in [0.4, 0.5) is 11.5 Å². The zero-order valence-electron chi connectivity index (χ0n) is 17.0. The van der Waals surface area contributed by atoms with Gasteiger partial charge < -0.3 is 15.4 Å². The van der Waals surface area contributed by atoms with Crippen LogP contribution in [0.3, 0.4) is 0 Å². The van der Waals surface area contributed by atoms with Crippen molar-refractivity contribution in [3.63, 3.8) is 0 Å². The number of morpholine rings is 1. The van der Waals surface area contributed by atoms with Gasteiger partial charge in [-0.05, 0) is 38.1 Å². The molecule has 2 heterocycles. The number of nitrogens with zero attached hydrogens (tertiary/aromatic N) is 3. The molecule has 3 rings (SSSR count). The Labute approximate surface area is 166 Å². The third-order valence-corrected chi connectivity index (χ3v) is 5.73. The van der Waals surface area contributed by atoms with Crippen molar-refractivity contribution in [1.82, 2.24) is 9.97 Å². The molecule has 0 amide bonds. The number of nitrogen functional groups attached to an aromatic ring is 1. The Morgan fingerprint density at radius 2 is 1.63 bits per heavy atom. The number of rotatable bonds is 4. The third-order valence-electron chi connectivity index (χ3n) is 4.39. The van der Waals surface area contributed by atoms with Gasteiger partial charge in [-0.2, -0.15) is 0 Å². The summed E-state index contributed by atoms with van der Waals surface area (Å²) in [6.45, 7) is 14.4. The van der Waals surface area contributed by atoms with Crippen molar-refractivity contribution in [2.75, 3.05) is 36.9 Å². The SMILES string of the molecule is CC(C)(C)SC(C)(C)c1cc(N2CCOCC2)nc(-c2ccc(N)cc2)n1. The number of anilines is 2. The van der Waals surface area contributed by atoms with E-state index in [-0.39, 0.29) is 9.49 Å². The van der Waals surface area contributed by atoms with Crippen molar-refractivity contribution >= 4 is 23.3 Å². The first kappa shape index (κ1) is 20.0. The van der Waals surface area contributed by atoms with Crippen molar-refractivity contribution in [3.8, 4) is 11.4 Å². The molecule has 146 valence electrons. The average Bonchev–Trinajstić information content (AvgIpc) is 2.61. The smallest absolute Gasteiger partial charge is 0.161 e. The van der Waals surface area contributed by atoms with Crippen molar-refractivity contribution in [2.24, 2.45) is 0 Å². The molecule has 1 aliphatic rings. The van der Waals surface area contributed by atoms with E-state index in [1.165, 1.54) is 0 Å². The molecule has 1 saturated heterocycles. The molecule has 0 aliphatic carbocycles. The lowest BCUT2D eigenvalue weighted by Crippen LogP contribution is -2.37. The van der Waals surface area contributed by atoms with E-state index in [2.05, 4.69) is 45.6 Å². The van der Waals surface area contributed by atoms with E-state index in [1.807, 2.05) is 36.0 Å². The first-order valence-corrected chi connectivity index (χ1v) is 10.2. The molecule has 6 heteroatoms. The molecule has 27 heavy (non-hydrogen) atoms. The van der Waals surface area contributed by atoms with Gasteiger partial charge in [-0.25, -0.2) is 9.97 Å². The molecule has 5 nitrogen and oxygen atoms in total. The van der Waals surface area contributed by atoms with Crippen LogP contribution in [0.25, 0.3) is 11.4 Å². The standard InChI is InChI=1S/C21H30N4OS/c1-20(2,3)27-21(4,5)17-14-18(25-10-12-26-13-11-25)24-19(23-17)15-6-8-16(22)9-7-15/h6-9,14H,10-13,22H2,1-5H3. The highest BCUT2D eigenvalue weighted by molar-refractivity contribution is 8.01. The Morgan fingerprint density at radius 3 is 2.22 bits per heavy atom. The fourth-order valence-electron chi connectivity index (χ4n) is 3.28. The minimum atomic E-state index is -0.134. The van der Waals surface area contributed by atoms with Crippen LogP contribution in [-0.4, -0.2) is 41.0 Å². The van der Waals surface area contributed by atoms with Crippen molar-refractivity contribution in [1.29, 1.82) is 0 Å². The summed E-state index contributed by atoms with van der Waals surface area (Å²) >= 11 is 1.92. The van der Waals surface area contributed by atoms with Crippen LogP contribution >= 0.6 is 11.8 Å². The van der Waals surface area contributed by atoms with Crippen molar-refractivity contribution < 1.29 is 4.74 Å². The Kier molecular flexibility index (Phi) is 5.68. The quantitative estimate of drug-likeness (QED) is 0.789. The molecular weight excluding hydrogens is 356 g/mol. The molecule has 0 atom stereocenters. The fourth-order valence-corrected chi connectivity index (χ4v) is 5.02. The average molecular weight is 387 g/mol. The Morgan fingerprint density at radius 1 is 1.00 bits per heavy atom. The molecule has 1 aliphatic heterocycles. The van der Waals surface area contributed by atoms with Crippen LogP contribution < -0.4 is 10.6 Å². The summed E-state index contributed by atoms with van der Waals surface area (Å²) < 4.78 is 5.51. The second-order valence-electron chi connectivity index (χ2n) is 8.38. The number of benzene rings is 1. The minimum Gasteiger partial charge on any atom is -0.399 e. The molecule has 0 spiro atoms. The summed E-state index contributed by atoms with van der Waals surface area (Å²) in [7, 11) is 0. The number of ether oxygens (including phenoxy) is 1. The zero-order valence-corrected chi connectivity index (χ0v) is 17.8. The van der Waals surface area contributed by atoms with Gasteiger partial charge >= 0.3 is 0 Å². The molecule has 0 bridgehead atoms. The molecule has 0 saturated carbocycles. The summed E-state index contributed by atoms with van der Waals surface area (Å²) in [6, 6.07) is 9.91. The predicted molar refractivity (Wildman–Crippen MR) is 115 cm³/mol. The molecule has 0 unspecified atom stereocenters. The number of aromatic nitrogens is 2. The highest BCUT2D eigenvalue weighted by atomic mass is 32.2. The lowest BCUT2D eigenvalue weighted by Gasteiger charge is -2.33. The van der Waals surface area contributed by atoms with E-state index in [1.54, 1.807) is 0 Å². The summed E-state index contributed by atoms with van der Waals surface area (Å²) in [5.74, 6) is 1.72. The maximum Gasteiger partial charge on any atom is 0.161 e. The van der Waals surface area contributed by atoms with Gasteiger partial charge in [0.05, 0.1) is 23.7 Å². The molecule has 1 fully saturated rings. The van der Waals surface area contributed by atoms with E-state index in [0.717, 1.165) is 54.9 Å². The van der Waals surface area contributed by atoms with Crippen LogP contribution in [-0.2, 0) is 9.48 Å². The summed E-state index contributed by atoms with van der Waals surface area (Å²) in [5, 5.41) is 0. The van der Waals surface area contributed by atoms with Crippen molar-refractivity contribution in [2.45, 2.75) is 44.1 Å². The lowest BCUT2D eigenvalue weighted by atomic mass is 10.1. The van der Waals surface area contributed by atoms with Gasteiger partial charge in [0.15, 0.2) is 5.82 Å². The molecular formula is C21H30N4OS. The Hall–Kier alpha value is -1.79. The summed E-state index contributed by atoms with van der Waals surface area (Å²) in [5.41, 5.74) is 8.63. The second kappa shape index (κ2) is 7.68. The highest BCUT2D eigenvalue weighted by Gasteiger charge is 2.31. The highest BCUT2D eigenvalue weighted by Crippen LogP contribution is 2.43. The van der Waals surface area contributed by atoms with Crippen LogP contribution in [0.1, 0.15) is 40.3 Å². The van der Waals surface area contributed by atoms with E-state index in [0.29, 0.717) is 0 Å². The van der Waals surface area contributed by atoms with Gasteiger partial charge in [0.25, 0.3) is 0 Å². The molecule has 0 radical (unpaired) electrons. The van der Waals surface area contributed by atoms with E-state index >= 15 is 0 Å². The third kappa shape index (κ3) is 5.14. The Balaban J connectivity index is 2.06. The van der Waals surface area contributed by atoms with E-state index in [4.69, 9.17) is 20.4 Å². The second-order valence-corrected chi connectivity index (χ2v) is 10.8. The lowest BCUT2D eigenvalue weighted by molar-refractivity contribution is 0.122. The van der Waals surface area contributed by atoms with Gasteiger partial charge in [-0.15, -0.1) is 11.8 Å². The molecule has 2 aromatic rings. The van der Waals surface area contributed by atoms with Crippen LogP contribution in [0, 0.1) is 0 Å². The molecule has 2 N–H and O–H groups in total. The zero-order chi connectivity index (χ0) is 19.7. The van der Waals surface area contributed by atoms with E-state index < -0.39 is 0 Å². The number of nitrogens with two attached hydrogens (primary N) is 1. The first-order valence-electron chi connectivity index (χ1n) is 9.42. The Bertz CT molecular complexity index is 778. The fraction of sp³-hybridized carbons (Fsp3) is 0.524. The van der Waals surface area contributed by atoms with Gasteiger partial charge in [-0.1, -0.05) is 20.8 Å². The summed E-state index contributed by atoms with van der Waals surface area (Å²) in [4.78, 5) is 12.1. The van der Waals surface area contributed by atoms with Gasteiger partial charge in [0.1, 0.15) is 5.82 Å². The summed E-state index contributed by atoms with van der Waals surface area (Å²) in [6.07, 6.45) is 0. The predicted octanol–water partition coefficient (Wildman–Crippen LogP) is 4.33. The normalized spacial score (nSPS) is 15.8. The molecule has 1 aromatic carbocycles. The number of hydrogen-bond acceptors (Lipinski definition) is 6. The largest absolute Gasteiger partial charge is 0.399 e. The first-order chi connectivity index (χ1) is 12.6. The van der Waals surface area contributed by atoms with E-state index in [9.17, 15) is 0 Å². The number of hydrogen-bond donors (Lipinski definition) is 1. The van der Waals surface area contributed by atoms with Gasteiger partial charge in [0.2, 0.25) is 0 Å². The minimum absolute atomic E-state index is 0.134. The van der Waals surface area contributed by atoms with Crippen LogP contribution in [0.2, 0.25) is 0 Å².